The third kappa shape index (κ3) is 2.16. The molecule has 4 nitrogen and oxygen atoms in total. The fourth-order valence-electron chi connectivity index (χ4n) is 1.95. The molecule has 1 atom stereocenters. The van der Waals surface area contributed by atoms with Gasteiger partial charge in [0.1, 0.15) is 13.2 Å². The van der Waals surface area contributed by atoms with Crippen molar-refractivity contribution in [1.29, 1.82) is 0 Å². The number of amides is 1. The molecule has 0 radical (unpaired) electrons. The van der Waals surface area contributed by atoms with Crippen LogP contribution in [0.4, 0.5) is 4.39 Å². The lowest BCUT2D eigenvalue weighted by Gasteiger charge is -2.22. The van der Waals surface area contributed by atoms with Gasteiger partial charge in [0.2, 0.25) is 5.91 Å². The summed E-state index contributed by atoms with van der Waals surface area (Å²) in [6.45, 7) is 0.447. The van der Waals surface area contributed by atoms with Gasteiger partial charge in [-0.25, -0.2) is 4.39 Å². The van der Waals surface area contributed by atoms with Crippen LogP contribution >= 0.6 is 0 Å². The zero-order chi connectivity index (χ0) is 10.7. The Balaban J connectivity index is 1.96. The van der Waals surface area contributed by atoms with E-state index in [0.29, 0.717) is 6.54 Å². The Morgan fingerprint density at radius 3 is 3.13 bits per heavy atom. The van der Waals surface area contributed by atoms with Crippen molar-refractivity contribution in [2.24, 2.45) is 0 Å². The van der Waals surface area contributed by atoms with Gasteiger partial charge in [-0.2, -0.15) is 5.10 Å². The van der Waals surface area contributed by atoms with E-state index < -0.39 is 6.67 Å². The van der Waals surface area contributed by atoms with Crippen molar-refractivity contribution in [2.45, 2.75) is 25.4 Å². The number of rotatable bonds is 3. The standard InChI is InChI=1S/C10H14FN3O/c11-7-9-3-1-6-14(9)10(15)8-13-5-2-4-12-13/h2,4-5,9H,1,3,6-8H2. The Labute approximate surface area is 87.7 Å². The molecule has 0 saturated carbocycles. The summed E-state index contributed by atoms with van der Waals surface area (Å²) in [5.41, 5.74) is 0. The molecule has 2 heterocycles. The fraction of sp³-hybridized carbons (Fsp3) is 0.600. The number of hydrogen-bond acceptors (Lipinski definition) is 2. The third-order valence-corrected chi connectivity index (χ3v) is 2.73. The van der Waals surface area contributed by atoms with Gasteiger partial charge in [-0.1, -0.05) is 0 Å². The van der Waals surface area contributed by atoms with Crippen molar-refractivity contribution in [3.05, 3.63) is 18.5 Å². The van der Waals surface area contributed by atoms with Gasteiger partial charge in [-0.15, -0.1) is 0 Å². The van der Waals surface area contributed by atoms with Crippen molar-refractivity contribution in [3.63, 3.8) is 0 Å². The van der Waals surface area contributed by atoms with E-state index in [9.17, 15) is 9.18 Å². The SMILES string of the molecule is O=C(Cn1cccn1)N1CCCC1CF. The first-order valence-electron chi connectivity index (χ1n) is 5.14. The summed E-state index contributed by atoms with van der Waals surface area (Å²) in [5, 5.41) is 3.95. The van der Waals surface area contributed by atoms with Crippen molar-refractivity contribution in [3.8, 4) is 0 Å². The Kier molecular flexibility index (Phi) is 2.99. The molecule has 1 aromatic rings. The topological polar surface area (TPSA) is 38.1 Å². The summed E-state index contributed by atoms with van der Waals surface area (Å²) in [7, 11) is 0. The van der Waals surface area contributed by atoms with E-state index in [0.717, 1.165) is 12.8 Å². The van der Waals surface area contributed by atoms with Gasteiger partial charge in [0, 0.05) is 18.9 Å². The first-order chi connectivity index (χ1) is 7.31. The smallest absolute Gasteiger partial charge is 0.244 e. The highest BCUT2D eigenvalue weighted by atomic mass is 19.1. The third-order valence-electron chi connectivity index (χ3n) is 2.73. The second-order valence-electron chi connectivity index (χ2n) is 3.74. The molecule has 0 bridgehead atoms. The second-order valence-corrected chi connectivity index (χ2v) is 3.74. The van der Waals surface area contributed by atoms with Crippen LogP contribution in [-0.2, 0) is 11.3 Å². The molecular formula is C10H14FN3O. The minimum absolute atomic E-state index is 0.0427. The highest BCUT2D eigenvalue weighted by Gasteiger charge is 2.28. The maximum absolute atomic E-state index is 12.6. The van der Waals surface area contributed by atoms with Crippen LogP contribution < -0.4 is 0 Å². The number of carbonyl (C=O) groups excluding carboxylic acids is 1. The number of likely N-dealkylation sites (tertiary alicyclic amines) is 1. The highest BCUT2D eigenvalue weighted by molar-refractivity contribution is 5.76. The summed E-state index contributed by atoms with van der Waals surface area (Å²) in [5.74, 6) is -0.0427. The average molecular weight is 211 g/mol. The first kappa shape index (κ1) is 10.1. The van der Waals surface area contributed by atoms with Crippen molar-refractivity contribution in [1.82, 2.24) is 14.7 Å². The molecule has 15 heavy (non-hydrogen) atoms. The van der Waals surface area contributed by atoms with E-state index in [-0.39, 0.29) is 18.5 Å². The lowest BCUT2D eigenvalue weighted by molar-refractivity contribution is -0.133. The largest absolute Gasteiger partial charge is 0.335 e. The minimum Gasteiger partial charge on any atom is -0.335 e. The van der Waals surface area contributed by atoms with Gasteiger partial charge in [0.25, 0.3) is 0 Å². The molecule has 5 heteroatoms. The van der Waals surface area contributed by atoms with Crippen LogP contribution in [-0.4, -0.2) is 39.8 Å². The maximum atomic E-state index is 12.6. The Bertz CT molecular complexity index is 325. The van der Waals surface area contributed by atoms with Crippen LogP contribution in [0.15, 0.2) is 18.5 Å². The molecule has 1 fully saturated rings. The molecule has 1 aromatic heterocycles. The van der Waals surface area contributed by atoms with Gasteiger partial charge in [-0.05, 0) is 18.9 Å². The van der Waals surface area contributed by atoms with Crippen LogP contribution in [0, 0.1) is 0 Å². The Morgan fingerprint density at radius 2 is 2.47 bits per heavy atom. The molecule has 0 aliphatic carbocycles. The molecule has 0 spiro atoms. The van der Waals surface area contributed by atoms with Crippen molar-refractivity contribution < 1.29 is 9.18 Å². The maximum Gasteiger partial charge on any atom is 0.244 e. The summed E-state index contributed by atoms with van der Waals surface area (Å²) < 4.78 is 14.1. The fourth-order valence-corrected chi connectivity index (χ4v) is 1.95. The molecule has 1 saturated heterocycles. The van der Waals surface area contributed by atoms with E-state index in [2.05, 4.69) is 5.10 Å². The van der Waals surface area contributed by atoms with E-state index in [1.54, 1.807) is 28.0 Å². The molecule has 82 valence electrons. The van der Waals surface area contributed by atoms with Gasteiger partial charge in [0.05, 0.1) is 6.04 Å². The van der Waals surface area contributed by atoms with Crippen LogP contribution in [0.2, 0.25) is 0 Å². The predicted octanol–water partition coefficient (Wildman–Crippen LogP) is 0.844. The molecule has 1 aliphatic heterocycles. The molecule has 1 unspecified atom stereocenters. The number of alkyl halides is 1. The molecule has 2 rings (SSSR count). The second kappa shape index (κ2) is 4.42. The van der Waals surface area contributed by atoms with Crippen LogP contribution in [0.25, 0.3) is 0 Å². The molecular weight excluding hydrogens is 197 g/mol. The monoisotopic (exact) mass is 211 g/mol. The zero-order valence-corrected chi connectivity index (χ0v) is 8.47. The van der Waals surface area contributed by atoms with Crippen molar-refractivity contribution >= 4 is 5.91 Å². The summed E-state index contributed by atoms with van der Waals surface area (Å²) in [6, 6.07) is 1.55. The van der Waals surface area contributed by atoms with Crippen LogP contribution in [0.3, 0.4) is 0 Å². The minimum atomic E-state index is -0.440. The number of nitrogens with zero attached hydrogens (tertiary/aromatic N) is 3. The van der Waals surface area contributed by atoms with E-state index in [1.165, 1.54) is 0 Å². The number of aromatic nitrogens is 2. The summed E-state index contributed by atoms with van der Waals surface area (Å²) >= 11 is 0. The Hall–Kier alpha value is -1.39. The van der Waals surface area contributed by atoms with Crippen molar-refractivity contribution in [2.75, 3.05) is 13.2 Å². The highest BCUT2D eigenvalue weighted by Crippen LogP contribution is 2.17. The van der Waals surface area contributed by atoms with E-state index in [4.69, 9.17) is 0 Å². The molecule has 1 amide bonds. The summed E-state index contributed by atoms with van der Waals surface area (Å²) in [4.78, 5) is 13.4. The van der Waals surface area contributed by atoms with Gasteiger partial charge in [0.15, 0.2) is 0 Å². The van der Waals surface area contributed by atoms with Gasteiger partial charge >= 0.3 is 0 Å². The molecule has 0 aromatic carbocycles. The zero-order valence-electron chi connectivity index (χ0n) is 8.47. The average Bonchev–Trinajstić information content (AvgIpc) is 2.86. The first-order valence-corrected chi connectivity index (χ1v) is 5.14. The van der Waals surface area contributed by atoms with Gasteiger partial charge in [-0.3, -0.25) is 9.48 Å². The number of hydrogen-bond donors (Lipinski definition) is 0. The van der Waals surface area contributed by atoms with Crippen LogP contribution in [0.5, 0.6) is 0 Å². The predicted molar refractivity (Wildman–Crippen MR) is 52.9 cm³/mol. The Morgan fingerprint density at radius 1 is 1.60 bits per heavy atom. The van der Waals surface area contributed by atoms with E-state index >= 15 is 0 Å². The van der Waals surface area contributed by atoms with E-state index in [1.807, 2.05) is 0 Å². The molecule has 1 aliphatic rings. The quantitative estimate of drug-likeness (QED) is 0.743. The number of halogens is 1. The number of carbonyl (C=O) groups is 1. The van der Waals surface area contributed by atoms with Gasteiger partial charge < -0.3 is 4.90 Å². The summed E-state index contributed by atoms with van der Waals surface area (Å²) in [6.07, 6.45) is 5.04. The lowest BCUT2D eigenvalue weighted by atomic mass is 10.2. The lowest BCUT2D eigenvalue weighted by Crippen LogP contribution is -2.38. The molecule has 0 N–H and O–H groups in total. The normalized spacial score (nSPS) is 20.9. The van der Waals surface area contributed by atoms with Crippen LogP contribution in [0.1, 0.15) is 12.8 Å².